The van der Waals surface area contributed by atoms with Gasteiger partial charge in [-0.3, -0.25) is 24.1 Å². The number of fused-ring (bicyclic) bond motifs is 4. The van der Waals surface area contributed by atoms with Crippen LogP contribution in [0.4, 0.5) is 0 Å². The van der Waals surface area contributed by atoms with E-state index in [1.54, 1.807) is 45.3 Å². The highest BCUT2D eigenvalue weighted by Crippen LogP contribution is 2.35. The summed E-state index contributed by atoms with van der Waals surface area (Å²) in [5.74, 6) is 0.308. The molecule has 11 heteroatoms. The maximum absolute atomic E-state index is 13.8. The van der Waals surface area contributed by atoms with Crippen LogP contribution in [0, 0.1) is 5.41 Å². The first kappa shape index (κ1) is 30.1. The molecule has 4 atom stereocenters. The smallest absolute Gasteiger partial charge is 0.271 e. The zero-order chi connectivity index (χ0) is 30.5. The third kappa shape index (κ3) is 5.07. The van der Waals surface area contributed by atoms with Crippen LogP contribution >= 0.6 is 0 Å². The van der Waals surface area contributed by atoms with Gasteiger partial charge in [0.2, 0.25) is 34.8 Å². The highest BCUT2D eigenvalue weighted by atomic mass is 16.5. The molecule has 1 aromatic heterocycles. The van der Waals surface area contributed by atoms with Crippen molar-refractivity contribution >= 4 is 23.4 Å². The number of methoxy groups -OCH3 is 1. The van der Waals surface area contributed by atoms with E-state index in [4.69, 9.17) is 4.74 Å². The maximum Gasteiger partial charge on any atom is 0.271 e. The number of amides is 2. The Morgan fingerprint density at radius 1 is 1.10 bits per heavy atom. The standard InChI is InChI=1S/C31H42N6O5/c1-18(32-5)29(40)33-28(31(2,3)4)30(41)37-16-19-14-20(37)15-35(19)17-23-34(6)24-25(36(23)12-13-42-7)27(39)22-11-9-8-10-21(22)26(24)38/h8-11,18-20,28,32H,12-17H2,1-7H3/p+1/t18-,19?,20?,28+/m0/s1. The molecular weight excluding hydrogens is 536 g/mol. The lowest BCUT2D eigenvalue weighted by Gasteiger charge is -2.39. The van der Waals surface area contributed by atoms with Crippen molar-refractivity contribution in [2.45, 2.75) is 71.4 Å². The molecule has 11 nitrogen and oxygen atoms in total. The van der Waals surface area contributed by atoms with Gasteiger partial charge in [0.25, 0.3) is 5.82 Å². The summed E-state index contributed by atoms with van der Waals surface area (Å²) < 4.78 is 9.18. The van der Waals surface area contributed by atoms with E-state index in [0.29, 0.717) is 55.3 Å². The number of benzene rings is 1. The number of aromatic nitrogens is 2. The quantitative estimate of drug-likeness (QED) is 0.358. The van der Waals surface area contributed by atoms with Crippen molar-refractivity contribution in [3.63, 3.8) is 0 Å². The molecule has 2 saturated heterocycles. The summed E-state index contributed by atoms with van der Waals surface area (Å²) in [6.07, 6.45) is 0.842. The Morgan fingerprint density at radius 2 is 1.76 bits per heavy atom. The lowest BCUT2D eigenvalue weighted by molar-refractivity contribution is -0.681. The molecule has 0 radical (unpaired) electrons. The summed E-state index contributed by atoms with van der Waals surface area (Å²) in [5.41, 5.74) is 1.23. The molecule has 1 aliphatic carbocycles. The highest BCUT2D eigenvalue weighted by Gasteiger charge is 2.50. The van der Waals surface area contributed by atoms with Crippen LogP contribution in [0.25, 0.3) is 0 Å². The molecule has 5 rings (SSSR count). The molecule has 3 heterocycles. The van der Waals surface area contributed by atoms with E-state index in [-0.39, 0.29) is 35.5 Å². The van der Waals surface area contributed by atoms with Gasteiger partial charge in [0, 0.05) is 43.4 Å². The van der Waals surface area contributed by atoms with E-state index in [1.807, 2.05) is 41.9 Å². The fourth-order valence-corrected chi connectivity index (χ4v) is 6.57. The number of likely N-dealkylation sites (tertiary alicyclic amines) is 2. The Labute approximate surface area is 247 Å². The zero-order valence-corrected chi connectivity index (χ0v) is 25.7. The van der Waals surface area contributed by atoms with Crippen LogP contribution in [0.5, 0.6) is 0 Å². The SMILES string of the molecule is CN[C@@H](C)C(=O)N[C@H](C(=O)N1CC2CC1CN2Cc1n(CCOC)c2c([n+]1C)C(=O)c1ccccc1C2=O)C(C)(C)C. The average Bonchev–Trinajstić information content (AvgIpc) is 3.64. The number of imidazole rings is 1. The first-order chi connectivity index (χ1) is 19.9. The summed E-state index contributed by atoms with van der Waals surface area (Å²) in [7, 11) is 5.19. The molecule has 2 N–H and O–H groups in total. The second-order valence-electron chi connectivity index (χ2n) is 12.8. The highest BCUT2D eigenvalue weighted by molar-refractivity contribution is 6.26. The number of nitrogens with one attached hydrogen (secondary N) is 2. The monoisotopic (exact) mass is 579 g/mol. The topological polar surface area (TPSA) is 117 Å². The molecule has 2 amide bonds. The van der Waals surface area contributed by atoms with Gasteiger partial charge in [0.1, 0.15) is 19.1 Å². The van der Waals surface area contributed by atoms with Gasteiger partial charge in [-0.05, 0) is 25.8 Å². The van der Waals surface area contributed by atoms with Crippen LogP contribution in [-0.4, -0.2) is 95.8 Å². The van der Waals surface area contributed by atoms with Crippen LogP contribution in [0.3, 0.4) is 0 Å². The predicted molar refractivity (Wildman–Crippen MR) is 155 cm³/mol. The van der Waals surface area contributed by atoms with E-state index >= 15 is 0 Å². The van der Waals surface area contributed by atoms with Gasteiger partial charge in [0.15, 0.2) is 0 Å². The number of carbonyl (C=O) groups is 4. The van der Waals surface area contributed by atoms with E-state index < -0.39 is 17.5 Å². The number of hydrogen-bond donors (Lipinski definition) is 2. The Balaban J connectivity index is 1.38. The molecular formula is C31H43N6O5+. The summed E-state index contributed by atoms with van der Waals surface area (Å²) in [6, 6.07) is 6.11. The van der Waals surface area contributed by atoms with Crippen molar-refractivity contribution in [3.05, 3.63) is 52.6 Å². The van der Waals surface area contributed by atoms with Crippen LogP contribution in [0.15, 0.2) is 24.3 Å². The molecule has 42 heavy (non-hydrogen) atoms. The van der Waals surface area contributed by atoms with E-state index in [2.05, 4.69) is 15.5 Å². The number of nitrogens with zero attached hydrogens (tertiary/aromatic N) is 4. The van der Waals surface area contributed by atoms with Crippen molar-refractivity contribution in [2.24, 2.45) is 12.5 Å². The molecule has 2 bridgehead atoms. The Hall–Kier alpha value is -3.41. The maximum atomic E-state index is 13.8. The lowest BCUT2D eigenvalue weighted by atomic mass is 9.85. The van der Waals surface area contributed by atoms with Gasteiger partial charge in [-0.25, -0.2) is 9.13 Å². The summed E-state index contributed by atoms with van der Waals surface area (Å²) in [6.45, 7) is 10.3. The van der Waals surface area contributed by atoms with Crippen LogP contribution < -0.4 is 15.2 Å². The third-order valence-electron chi connectivity index (χ3n) is 9.10. The molecule has 2 aliphatic heterocycles. The molecule has 1 aromatic carbocycles. The normalized spacial score (nSPS) is 21.4. The zero-order valence-electron chi connectivity index (χ0n) is 25.7. The van der Waals surface area contributed by atoms with Crippen LogP contribution in [-0.2, 0) is 34.5 Å². The van der Waals surface area contributed by atoms with Gasteiger partial charge < -0.3 is 20.3 Å². The fraction of sp³-hybridized carbons (Fsp3) is 0.581. The molecule has 226 valence electrons. The van der Waals surface area contributed by atoms with E-state index in [1.165, 1.54) is 0 Å². The van der Waals surface area contributed by atoms with E-state index in [0.717, 1.165) is 12.2 Å². The third-order valence-corrected chi connectivity index (χ3v) is 9.10. The van der Waals surface area contributed by atoms with Crippen molar-refractivity contribution in [1.29, 1.82) is 0 Å². The Morgan fingerprint density at radius 3 is 2.33 bits per heavy atom. The Kier molecular flexibility index (Phi) is 8.12. The number of likely N-dealkylation sites (N-methyl/N-ethyl adjacent to an activating group) is 1. The minimum atomic E-state index is -0.636. The first-order valence-electron chi connectivity index (χ1n) is 14.7. The molecule has 3 aliphatic rings. The van der Waals surface area contributed by atoms with E-state index in [9.17, 15) is 19.2 Å². The summed E-state index contributed by atoms with van der Waals surface area (Å²) in [4.78, 5) is 58.0. The van der Waals surface area contributed by atoms with Gasteiger partial charge in [-0.2, -0.15) is 0 Å². The van der Waals surface area contributed by atoms with Crippen LogP contribution in [0.1, 0.15) is 72.0 Å². The lowest BCUT2D eigenvalue weighted by Crippen LogP contribution is -2.60. The van der Waals surface area contributed by atoms with Gasteiger partial charge in [-0.15, -0.1) is 0 Å². The molecule has 2 aromatic rings. The number of hydrogen-bond acceptors (Lipinski definition) is 7. The van der Waals surface area contributed by atoms with Crippen LogP contribution in [0.2, 0.25) is 0 Å². The minimum absolute atomic E-state index is 0.0285. The van der Waals surface area contributed by atoms with Crippen molar-refractivity contribution in [1.82, 2.24) is 25.0 Å². The fourth-order valence-electron chi connectivity index (χ4n) is 6.57. The van der Waals surface area contributed by atoms with Crippen molar-refractivity contribution < 1.29 is 28.5 Å². The second kappa shape index (κ2) is 11.3. The van der Waals surface area contributed by atoms with Crippen molar-refractivity contribution in [2.75, 3.05) is 33.9 Å². The average molecular weight is 580 g/mol. The number of ketones is 2. The molecule has 0 spiro atoms. The first-order valence-corrected chi connectivity index (χ1v) is 14.7. The van der Waals surface area contributed by atoms with Crippen molar-refractivity contribution in [3.8, 4) is 0 Å². The van der Waals surface area contributed by atoms with Gasteiger partial charge in [0.05, 0.1) is 19.7 Å². The molecule has 0 saturated carbocycles. The van der Waals surface area contributed by atoms with Gasteiger partial charge in [-0.1, -0.05) is 45.0 Å². The largest absolute Gasteiger partial charge is 0.381 e. The van der Waals surface area contributed by atoms with Gasteiger partial charge >= 0.3 is 0 Å². The number of carbonyl (C=O) groups excluding carboxylic acids is 4. The predicted octanol–water partition coefficient (Wildman–Crippen LogP) is 0.658. The minimum Gasteiger partial charge on any atom is -0.381 e. The molecule has 2 unspecified atom stereocenters. The number of piperazine rings is 1. The second-order valence-corrected chi connectivity index (χ2v) is 12.8. The number of rotatable bonds is 9. The molecule has 2 fully saturated rings. The number of ether oxygens (including phenoxy) is 1. The summed E-state index contributed by atoms with van der Waals surface area (Å²) >= 11 is 0. The summed E-state index contributed by atoms with van der Waals surface area (Å²) in [5, 5.41) is 5.92. The Bertz CT molecular complexity index is 1430.